The standard InChI is InChI=1S/C18H28O3S.C7H15NOS/c1-3-4-5-6-7-8-11-22(19)15(2)12-16-9-10-17-18(13-16)21-14-20-17;1-4-8(7(9)10)5-6(2)3/h9-10,13,15H,3-8,11-12,14H2,1-2H3;6H,4-5H2,1-3H3,(H,9,10). The summed E-state index contributed by atoms with van der Waals surface area (Å²) in [6.45, 7) is 12.3. The van der Waals surface area contributed by atoms with Crippen LogP contribution < -0.4 is 9.47 Å². The van der Waals surface area contributed by atoms with E-state index in [2.05, 4.69) is 40.3 Å². The molecule has 1 heterocycles. The molecule has 32 heavy (non-hydrogen) atoms. The van der Waals surface area contributed by atoms with Crippen molar-refractivity contribution in [2.24, 2.45) is 5.92 Å². The number of nitrogens with zero attached hydrogens (tertiary/aromatic N) is 1. The molecule has 0 spiro atoms. The van der Waals surface area contributed by atoms with Gasteiger partial charge in [-0.1, -0.05) is 78.5 Å². The number of ether oxygens (including phenoxy) is 2. The molecule has 0 saturated heterocycles. The summed E-state index contributed by atoms with van der Waals surface area (Å²) in [7, 11) is -0.743. The maximum Gasteiger partial charge on any atom is 0.278 e. The van der Waals surface area contributed by atoms with Crippen LogP contribution in [0.3, 0.4) is 0 Å². The molecule has 0 aromatic heterocycles. The molecule has 0 N–H and O–H groups in total. The number of hydrogen-bond donors (Lipinski definition) is 1. The van der Waals surface area contributed by atoms with E-state index < -0.39 is 10.8 Å². The van der Waals surface area contributed by atoms with Crippen molar-refractivity contribution in [3.8, 4) is 11.5 Å². The highest BCUT2D eigenvalue weighted by atomic mass is 32.2. The van der Waals surface area contributed by atoms with Crippen LogP contribution in [0.25, 0.3) is 0 Å². The lowest BCUT2D eigenvalue weighted by Crippen LogP contribution is -2.29. The molecule has 2 rings (SSSR count). The number of amides is 1. The van der Waals surface area contributed by atoms with E-state index >= 15 is 0 Å². The van der Waals surface area contributed by atoms with Gasteiger partial charge in [0, 0.05) is 34.9 Å². The smallest absolute Gasteiger partial charge is 0.278 e. The Balaban J connectivity index is 0.000000433. The van der Waals surface area contributed by atoms with Crippen LogP contribution in [0.1, 0.15) is 78.7 Å². The summed E-state index contributed by atoms with van der Waals surface area (Å²) in [5.41, 5.74) is 1.17. The van der Waals surface area contributed by atoms with Crippen molar-refractivity contribution in [3.05, 3.63) is 23.8 Å². The molecule has 2 unspecified atom stereocenters. The van der Waals surface area contributed by atoms with Gasteiger partial charge in [0.2, 0.25) is 6.79 Å². The first kappa shape index (κ1) is 28.8. The second-order valence-electron chi connectivity index (χ2n) is 8.77. The van der Waals surface area contributed by atoms with Crippen molar-refractivity contribution in [1.29, 1.82) is 0 Å². The molecule has 1 aromatic rings. The Morgan fingerprint density at radius 1 is 1.06 bits per heavy atom. The third kappa shape index (κ3) is 11.6. The normalized spacial score (nSPS) is 14.0. The summed E-state index contributed by atoms with van der Waals surface area (Å²) in [6, 6.07) is 6.01. The summed E-state index contributed by atoms with van der Waals surface area (Å²) in [5, 5.41) is 0.0622. The van der Waals surface area contributed by atoms with Crippen molar-refractivity contribution >= 4 is 28.7 Å². The molecule has 1 aliphatic rings. The number of unbranched alkanes of at least 4 members (excludes halogenated alkanes) is 5. The Labute approximate surface area is 203 Å². The Bertz CT molecular complexity index is 697. The first-order chi connectivity index (χ1) is 15.3. The van der Waals surface area contributed by atoms with E-state index in [-0.39, 0.29) is 10.5 Å². The van der Waals surface area contributed by atoms with E-state index in [0.29, 0.717) is 12.7 Å². The molecule has 0 saturated carbocycles. The number of hydrogen-bond acceptors (Lipinski definition) is 4. The molecule has 184 valence electrons. The molecule has 1 aliphatic heterocycles. The summed E-state index contributed by atoms with van der Waals surface area (Å²) in [5.74, 6) is 2.98. The monoisotopic (exact) mass is 485 g/mol. The maximum atomic E-state index is 12.3. The molecule has 2 atom stereocenters. The van der Waals surface area contributed by atoms with E-state index in [9.17, 15) is 9.00 Å². The van der Waals surface area contributed by atoms with Gasteiger partial charge in [0.15, 0.2) is 11.5 Å². The zero-order valence-electron chi connectivity index (χ0n) is 20.6. The van der Waals surface area contributed by atoms with Crippen LogP contribution in [0.15, 0.2) is 18.2 Å². The highest BCUT2D eigenvalue weighted by Crippen LogP contribution is 2.33. The zero-order valence-corrected chi connectivity index (χ0v) is 22.3. The molecule has 0 radical (unpaired) electrons. The van der Waals surface area contributed by atoms with E-state index in [4.69, 9.17) is 9.47 Å². The van der Waals surface area contributed by atoms with Gasteiger partial charge in [-0.25, -0.2) is 0 Å². The second-order valence-corrected chi connectivity index (χ2v) is 11.1. The first-order valence-electron chi connectivity index (χ1n) is 12.0. The van der Waals surface area contributed by atoms with Gasteiger partial charge in [-0.15, -0.1) is 0 Å². The Hall–Kier alpha value is -1.21. The van der Waals surface area contributed by atoms with Crippen LogP contribution in [-0.2, 0) is 17.2 Å². The van der Waals surface area contributed by atoms with E-state index in [1.165, 1.54) is 37.7 Å². The lowest BCUT2D eigenvalue weighted by atomic mass is 10.1. The summed E-state index contributed by atoms with van der Waals surface area (Å²) in [6.07, 6.45) is 8.32. The topological polar surface area (TPSA) is 55.8 Å². The van der Waals surface area contributed by atoms with Gasteiger partial charge in [0.05, 0.1) is 0 Å². The fraction of sp³-hybridized carbons (Fsp3) is 0.720. The van der Waals surface area contributed by atoms with Gasteiger partial charge < -0.3 is 14.4 Å². The lowest BCUT2D eigenvalue weighted by molar-refractivity contribution is 0.174. The Kier molecular flexibility index (Phi) is 14.8. The van der Waals surface area contributed by atoms with Crippen molar-refractivity contribution in [3.63, 3.8) is 0 Å². The fourth-order valence-corrected chi connectivity index (χ4v) is 4.99. The van der Waals surface area contributed by atoms with Crippen LogP contribution in [0.2, 0.25) is 0 Å². The van der Waals surface area contributed by atoms with Crippen molar-refractivity contribution in [2.75, 3.05) is 25.6 Å². The molecule has 5 nitrogen and oxygen atoms in total. The number of thiol groups is 1. The zero-order chi connectivity index (χ0) is 23.9. The van der Waals surface area contributed by atoms with E-state index in [0.717, 1.165) is 43.2 Å². The van der Waals surface area contributed by atoms with Crippen LogP contribution >= 0.6 is 12.6 Å². The SMILES string of the molecule is CCCCCCCCS(=O)C(C)Cc1ccc2c(c1)OCO2.CCN(CC(C)C)C(=O)S. The molecule has 1 aromatic carbocycles. The van der Waals surface area contributed by atoms with Crippen molar-refractivity contribution in [1.82, 2.24) is 4.90 Å². The Morgan fingerprint density at radius 2 is 1.72 bits per heavy atom. The number of carbonyl (C=O) groups excluding carboxylic acids is 1. The minimum Gasteiger partial charge on any atom is -0.454 e. The largest absolute Gasteiger partial charge is 0.454 e. The molecule has 0 fully saturated rings. The second kappa shape index (κ2) is 16.4. The quantitative estimate of drug-likeness (QED) is 0.257. The highest BCUT2D eigenvalue weighted by molar-refractivity contribution is 7.96. The minimum absolute atomic E-state index is 0.129. The van der Waals surface area contributed by atoms with Gasteiger partial charge in [-0.2, -0.15) is 0 Å². The van der Waals surface area contributed by atoms with Crippen molar-refractivity contribution < 1.29 is 18.5 Å². The average Bonchev–Trinajstić information content (AvgIpc) is 3.22. The van der Waals surface area contributed by atoms with Crippen molar-refractivity contribution in [2.45, 2.75) is 84.8 Å². The predicted octanol–water partition coefficient (Wildman–Crippen LogP) is 6.47. The third-order valence-corrected chi connectivity index (χ3v) is 7.38. The average molecular weight is 486 g/mol. The van der Waals surface area contributed by atoms with Crippen LogP contribution in [0, 0.1) is 5.92 Å². The predicted molar refractivity (Wildman–Crippen MR) is 139 cm³/mol. The number of carbonyl (C=O) groups is 1. The minimum atomic E-state index is -0.743. The first-order valence-corrected chi connectivity index (χ1v) is 13.8. The summed E-state index contributed by atoms with van der Waals surface area (Å²) < 4.78 is 23.0. The number of fused-ring (bicyclic) bond motifs is 1. The van der Waals surface area contributed by atoms with Gasteiger partial charge >= 0.3 is 0 Å². The Morgan fingerprint density at radius 3 is 2.31 bits per heavy atom. The summed E-state index contributed by atoms with van der Waals surface area (Å²) >= 11 is 3.73. The fourth-order valence-electron chi connectivity index (χ4n) is 3.50. The molecular weight excluding hydrogens is 442 g/mol. The van der Waals surface area contributed by atoms with Crippen LogP contribution in [0.5, 0.6) is 11.5 Å². The molecule has 0 aliphatic carbocycles. The van der Waals surface area contributed by atoms with E-state index in [1.807, 2.05) is 25.1 Å². The van der Waals surface area contributed by atoms with E-state index in [1.54, 1.807) is 4.90 Å². The molecular formula is C25H43NO4S2. The highest BCUT2D eigenvalue weighted by Gasteiger charge is 2.16. The molecule has 7 heteroatoms. The summed E-state index contributed by atoms with van der Waals surface area (Å²) in [4.78, 5) is 12.4. The number of benzene rings is 1. The van der Waals surface area contributed by atoms with Gasteiger partial charge in [-0.3, -0.25) is 9.00 Å². The lowest BCUT2D eigenvalue weighted by Gasteiger charge is -2.19. The number of rotatable bonds is 13. The van der Waals surface area contributed by atoms with Gasteiger partial charge in [-0.05, 0) is 43.4 Å². The van der Waals surface area contributed by atoms with Gasteiger partial charge in [0.1, 0.15) is 0 Å². The third-order valence-electron chi connectivity index (χ3n) is 5.35. The van der Waals surface area contributed by atoms with Crippen LogP contribution in [-0.4, -0.2) is 45.2 Å². The molecule has 0 bridgehead atoms. The van der Waals surface area contributed by atoms with Crippen LogP contribution in [0.4, 0.5) is 4.79 Å². The van der Waals surface area contributed by atoms with Gasteiger partial charge in [0.25, 0.3) is 5.24 Å². The molecule has 1 amide bonds. The maximum absolute atomic E-state index is 12.3.